The fourth-order valence-electron chi connectivity index (χ4n) is 0.453. The summed E-state index contributed by atoms with van der Waals surface area (Å²) in [5.74, 6) is 0. The van der Waals surface area contributed by atoms with Crippen LogP contribution in [0.2, 0.25) is 0 Å². The summed E-state index contributed by atoms with van der Waals surface area (Å²) < 4.78 is 0. The Morgan fingerprint density at radius 3 is 1.75 bits per heavy atom. The van der Waals surface area contributed by atoms with Crippen LogP contribution in [0.1, 0.15) is 0 Å². The number of benzene rings is 1. The molecule has 44 valence electrons. The van der Waals surface area contributed by atoms with E-state index in [9.17, 15) is 0 Å². The van der Waals surface area contributed by atoms with E-state index in [-0.39, 0.29) is 26.2 Å². The molecule has 0 unspecified atom stereocenters. The van der Waals surface area contributed by atoms with E-state index in [1.165, 1.54) is 0 Å². The topological polar surface area (TPSA) is 26.0 Å². The molecule has 1 aromatic rings. The second-order valence-electron chi connectivity index (χ2n) is 1.41. The maximum atomic E-state index is 5.36. The molecule has 0 aliphatic carbocycles. The zero-order valence-electron chi connectivity index (χ0n) is 4.67. The number of nitrogens with two attached hydrogens (primary N) is 1. The molecule has 0 aliphatic heterocycles. The maximum absolute atomic E-state index is 5.36. The third-order valence-electron chi connectivity index (χ3n) is 0.800. The van der Waals surface area contributed by atoms with Crippen molar-refractivity contribution in [2.75, 3.05) is 5.73 Å². The van der Waals surface area contributed by atoms with Crippen molar-refractivity contribution < 1.29 is 0 Å². The Kier molecular flexibility index (Phi) is 3.80. The first-order valence-corrected chi connectivity index (χ1v) is 2.20. The van der Waals surface area contributed by atoms with Gasteiger partial charge in [0.15, 0.2) is 0 Å². The molecule has 0 fully saturated rings. The van der Waals surface area contributed by atoms with Gasteiger partial charge in [0.1, 0.15) is 0 Å². The minimum atomic E-state index is 0. The van der Waals surface area contributed by atoms with Gasteiger partial charge in [0.2, 0.25) is 0 Å². The third-order valence-corrected chi connectivity index (χ3v) is 0.800. The van der Waals surface area contributed by atoms with Crippen LogP contribution in [-0.4, -0.2) is 26.2 Å². The van der Waals surface area contributed by atoms with Crippen molar-refractivity contribution in [3.05, 3.63) is 30.3 Å². The van der Waals surface area contributed by atoms with E-state index in [0.29, 0.717) is 0 Å². The second kappa shape index (κ2) is 3.85. The van der Waals surface area contributed by atoms with E-state index in [0.717, 1.165) is 5.69 Å². The van der Waals surface area contributed by atoms with Gasteiger partial charge in [0, 0.05) is 5.69 Å². The van der Waals surface area contributed by atoms with Crippen LogP contribution in [0.4, 0.5) is 5.69 Å². The molecular weight excluding hydrogens is 295 g/mol. The average molecular weight is 305 g/mol. The van der Waals surface area contributed by atoms with Crippen molar-refractivity contribution >= 4 is 31.9 Å². The molecule has 2 heteroatoms. The fraction of sp³-hybridized carbons (Fsp3) is 0. The summed E-state index contributed by atoms with van der Waals surface area (Å²) in [5, 5.41) is 0. The van der Waals surface area contributed by atoms with Crippen molar-refractivity contribution in [1.29, 1.82) is 0 Å². The molecule has 0 bridgehead atoms. The second-order valence-corrected chi connectivity index (χ2v) is 1.41. The van der Waals surface area contributed by atoms with E-state index in [1.807, 2.05) is 30.3 Å². The predicted octanol–water partition coefficient (Wildman–Crippen LogP) is 0.0849. The van der Waals surface area contributed by atoms with Crippen LogP contribution in [0.5, 0.6) is 0 Å². The van der Waals surface area contributed by atoms with Crippen LogP contribution in [0.25, 0.3) is 0 Å². The summed E-state index contributed by atoms with van der Waals surface area (Å²) in [5.41, 5.74) is 6.18. The van der Waals surface area contributed by atoms with E-state index >= 15 is 0 Å². The van der Waals surface area contributed by atoms with Crippen LogP contribution in [0, 0.1) is 0 Å². The summed E-state index contributed by atoms with van der Waals surface area (Å²) in [6.45, 7) is 0. The Hall–Kier alpha value is -0.0969. The zero-order chi connectivity index (χ0) is 5.11. The van der Waals surface area contributed by atoms with Crippen molar-refractivity contribution in [3.63, 3.8) is 0 Å². The minimum absolute atomic E-state index is 0. The molecule has 0 aliphatic rings. The van der Waals surface area contributed by atoms with E-state index in [1.54, 1.807) is 0 Å². The van der Waals surface area contributed by atoms with E-state index in [2.05, 4.69) is 0 Å². The van der Waals surface area contributed by atoms with Gasteiger partial charge in [-0.1, -0.05) is 18.2 Å². The van der Waals surface area contributed by atoms with Gasteiger partial charge < -0.3 is 5.73 Å². The van der Waals surface area contributed by atoms with Crippen LogP contribution < -0.4 is 5.73 Å². The average Bonchev–Trinajstić information content (AvgIpc) is 1.69. The van der Waals surface area contributed by atoms with Gasteiger partial charge in [0.25, 0.3) is 0 Å². The quantitative estimate of drug-likeness (QED) is 0.533. The van der Waals surface area contributed by atoms with Gasteiger partial charge in [0.05, 0.1) is 0 Å². The van der Waals surface area contributed by atoms with Crippen LogP contribution in [0.3, 0.4) is 0 Å². The van der Waals surface area contributed by atoms with Crippen molar-refractivity contribution in [3.8, 4) is 0 Å². The Balaban J connectivity index is 0.000000490. The van der Waals surface area contributed by atoms with Crippen molar-refractivity contribution in [2.24, 2.45) is 0 Å². The van der Waals surface area contributed by atoms with Gasteiger partial charge in [-0.3, -0.25) is 0 Å². The first kappa shape index (κ1) is 7.90. The molecule has 0 saturated carbocycles. The molecule has 1 aromatic carbocycles. The Bertz CT molecular complexity index is 138. The van der Waals surface area contributed by atoms with Gasteiger partial charge in [-0.05, 0) is 12.1 Å². The molecule has 0 heterocycles. The fourth-order valence-corrected chi connectivity index (χ4v) is 0.453. The summed E-state index contributed by atoms with van der Waals surface area (Å²) in [4.78, 5) is 0. The van der Waals surface area contributed by atoms with Crippen LogP contribution in [0.15, 0.2) is 30.3 Å². The van der Waals surface area contributed by atoms with Crippen LogP contribution in [-0.2, 0) is 0 Å². The predicted molar refractivity (Wildman–Crippen MR) is 40.8 cm³/mol. The Morgan fingerprint density at radius 2 is 1.50 bits per heavy atom. The summed E-state index contributed by atoms with van der Waals surface area (Å²) in [6.07, 6.45) is 0. The number of para-hydroxylation sites is 1. The molecule has 8 heavy (non-hydrogen) atoms. The molecule has 0 atom stereocenters. The monoisotopic (exact) mass is 305 g/mol. The number of nitrogen functional groups attached to an aromatic ring is 1. The Morgan fingerprint density at radius 1 is 1.00 bits per heavy atom. The first-order valence-electron chi connectivity index (χ1n) is 2.20. The molecule has 2 N–H and O–H groups in total. The van der Waals surface area contributed by atoms with E-state index < -0.39 is 0 Å². The number of hydrogen-bond acceptors (Lipinski definition) is 1. The SMILES string of the molecule is Nc1ccccc1.[BiH3]. The van der Waals surface area contributed by atoms with Crippen LogP contribution >= 0.6 is 0 Å². The van der Waals surface area contributed by atoms with Crippen molar-refractivity contribution in [2.45, 2.75) is 0 Å². The molecule has 0 aromatic heterocycles. The van der Waals surface area contributed by atoms with Gasteiger partial charge >= 0.3 is 26.2 Å². The Labute approximate surface area is 68.0 Å². The normalized spacial score (nSPS) is 7.50. The van der Waals surface area contributed by atoms with Gasteiger partial charge in [-0.15, -0.1) is 0 Å². The third kappa shape index (κ3) is 2.27. The number of anilines is 1. The van der Waals surface area contributed by atoms with E-state index in [4.69, 9.17) is 5.73 Å². The molecule has 0 spiro atoms. The molecule has 0 saturated heterocycles. The molecular formula is C6H10BiN. The summed E-state index contributed by atoms with van der Waals surface area (Å²) in [6, 6.07) is 9.49. The molecule has 0 amide bonds. The number of hydrogen-bond donors (Lipinski definition) is 1. The molecule has 1 rings (SSSR count). The zero-order valence-corrected chi connectivity index (χ0v) is 10.2. The molecule has 1 nitrogen and oxygen atoms in total. The standard InChI is InChI=1S/C6H7N.Bi.3H/c7-6-4-2-1-3-5-6;;;;/h1-5H,7H2;;;;. The summed E-state index contributed by atoms with van der Waals surface area (Å²) >= 11 is 0. The van der Waals surface area contributed by atoms with Gasteiger partial charge in [-0.2, -0.15) is 0 Å². The number of rotatable bonds is 0. The summed E-state index contributed by atoms with van der Waals surface area (Å²) in [7, 11) is 0. The van der Waals surface area contributed by atoms with Crippen molar-refractivity contribution in [1.82, 2.24) is 0 Å². The van der Waals surface area contributed by atoms with Gasteiger partial charge in [-0.25, -0.2) is 0 Å². The molecule has 0 radical (unpaired) electrons. The first-order chi connectivity index (χ1) is 3.39.